The van der Waals surface area contributed by atoms with Crippen LogP contribution < -0.4 is 5.32 Å². The number of carbonyl (C=O) groups is 1. The number of carbonyl (C=O) groups excluding carboxylic acids is 1. The van der Waals surface area contributed by atoms with Crippen molar-refractivity contribution in [1.29, 1.82) is 5.26 Å². The topological polar surface area (TPSA) is 66.5 Å². The summed E-state index contributed by atoms with van der Waals surface area (Å²) in [7, 11) is 1.36. The van der Waals surface area contributed by atoms with Crippen molar-refractivity contribution >= 4 is 27.6 Å². The van der Waals surface area contributed by atoms with E-state index in [-0.39, 0.29) is 12.5 Å². The Morgan fingerprint density at radius 2 is 1.80 bits per heavy atom. The van der Waals surface area contributed by atoms with Gasteiger partial charge < -0.3 is 10.1 Å². The minimum Gasteiger partial charge on any atom is -0.468 e. The zero-order valence-electron chi connectivity index (χ0n) is 13.8. The number of nitriles is 1. The molecular weight excluding hydrogens is 382 g/mol. The van der Waals surface area contributed by atoms with E-state index in [1.165, 1.54) is 12.7 Å². The van der Waals surface area contributed by atoms with E-state index < -0.39 is 0 Å². The summed E-state index contributed by atoms with van der Waals surface area (Å²) in [5.41, 5.74) is 3.56. The SMILES string of the molecule is N#Cc1ccc(CBr)cc1.[C-]#[N+]c1ccc(CNCC(=O)OC)cc1. The van der Waals surface area contributed by atoms with Crippen molar-refractivity contribution in [2.24, 2.45) is 0 Å². The van der Waals surface area contributed by atoms with Gasteiger partial charge in [-0.05, 0) is 23.3 Å². The summed E-state index contributed by atoms with van der Waals surface area (Å²) in [6.45, 7) is 7.57. The Hall–Kier alpha value is -2.67. The second-order valence-corrected chi connectivity index (χ2v) is 5.46. The van der Waals surface area contributed by atoms with Gasteiger partial charge in [0.15, 0.2) is 5.69 Å². The second-order valence-electron chi connectivity index (χ2n) is 4.90. The van der Waals surface area contributed by atoms with Crippen LogP contribution in [0.2, 0.25) is 0 Å². The average Bonchev–Trinajstić information content (AvgIpc) is 2.69. The molecule has 0 aromatic heterocycles. The van der Waals surface area contributed by atoms with Crippen LogP contribution in [0.3, 0.4) is 0 Å². The van der Waals surface area contributed by atoms with Crippen molar-refractivity contribution in [3.63, 3.8) is 0 Å². The molecule has 0 saturated carbocycles. The third-order valence-corrected chi connectivity index (χ3v) is 3.78. The summed E-state index contributed by atoms with van der Waals surface area (Å²) < 4.78 is 4.48. The molecule has 2 aromatic rings. The molecule has 0 amide bonds. The summed E-state index contributed by atoms with van der Waals surface area (Å²) in [6.07, 6.45) is 0. The zero-order valence-corrected chi connectivity index (χ0v) is 15.4. The number of halogens is 1. The van der Waals surface area contributed by atoms with E-state index in [2.05, 4.69) is 36.9 Å². The summed E-state index contributed by atoms with van der Waals surface area (Å²) in [5.74, 6) is -0.284. The Morgan fingerprint density at radius 3 is 2.28 bits per heavy atom. The molecule has 5 nitrogen and oxygen atoms in total. The van der Waals surface area contributed by atoms with Crippen LogP contribution in [0.5, 0.6) is 0 Å². The van der Waals surface area contributed by atoms with Gasteiger partial charge in [0.1, 0.15) is 0 Å². The monoisotopic (exact) mass is 399 g/mol. The highest BCUT2D eigenvalue weighted by molar-refractivity contribution is 9.08. The summed E-state index contributed by atoms with van der Waals surface area (Å²) >= 11 is 3.32. The normalized spacial score (nSPS) is 9.12. The van der Waals surface area contributed by atoms with Gasteiger partial charge in [-0.3, -0.25) is 4.79 Å². The molecule has 6 heteroatoms. The van der Waals surface area contributed by atoms with Gasteiger partial charge >= 0.3 is 5.97 Å². The fourth-order valence-electron chi connectivity index (χ4n) is 1.74. The number of nitrogens with zero attached hydrogens (tertiary/aromatic N) is 2. The maximum absolute atomic E-state index is 10.8. The molecule has 0 saturated heterocycles. The van der Waals surface area contributed by atoms with Crippen LogP contribution in [0.15, 0.2) is 48.5 Å². The van der Waals surface area contributed by atoms with E-state index in [9.17, 15) is 4.79 Å². The van der Waals surface area contributed by atoms with Gasteiger partial charge in [-0.2, -0.15) is 5.26 Å². The summed E-state index contributed by atoms with van der Waals surface area (Å²) in [5, 5.41) is 12.2. The third-order valence-electron chi connectivity index (χ3n) is 3.13. The highest BCUT2D eigenvalue weighted by atomic mass is 79.9. The first-order valence-electron chi connectivity index (χ1n) is 7.42. The Bertz CT molecular complexity index is 744. The molecule has 0 heterocycles. The largest absolute Gasteiger partial charge is 0.468 e. The molecular formula is C19H18BrN3O2. The van der Waals surface area contributed by atoms with Crippen LogP contribution in [0.1, 0.15) is 16.7 Å². The first-order chi connectivity index (χ1) is 12.1. The van der Waals surface area contributed by atoms with Crippen molar-refractivity contribution in [2.45, 2.75) is 11.9 Å². The van der Waals surface area contributed by atoms with Crippen LogP contribution in [0.25, 0.3) is 4.85 Å². The van der Waals surface area contributed by atoms with Crippen molar-refractivity contribution in [3.05, 3.63) is 76.6 Å². The Balaban J connectivity index is 0.000000271. The minimum atomic E-state index is -0.284. The lowest BCUT2D eigenvalue weighted by Crippen LogP contribution is -2.23. The van der Waals surface area contributed by atoms with Crippen LogP contribution in [0, 0.1) is 17.9 Å². The Labute approximate surface area is 156 Å². The number of methoxy groups -OCH3 is 1. The van der Waals surface area contributed by atoms with Gasteiger partial charge in [0.2, 0.25) is 0 Å². The molecule has 0 aliphatic carbocycles. The van der Waals surface area contributed by atoms with Gasteiger partial charge in [0.05, 0.1) is 31.9 Å². The average molecular weight is 400 g/mol. The smallest absolute Gasteiger partial charge is 0.319 e. The molecule has 0 fully saturated rings. The fourth-order valence-corrected chi connectivity index (χ4v) is 2.11. The minimum absolute atomic E-state index is 0.196. The lowest BCUT2D eigenvalue weighted by Gasteiger charge is -2.03. The van der Waals surface area contributed by atoms with E-state index in [0.717, 1.165) is 10.9 Å². The second kappa shape index (κ2) is 11.8. The molecule has 0 spiro atoms. The molecule has 0 unspecified atom stereocenters. The van der Waals surface area contributed by atoms with Crippen molar-refractivity contribution < 1.29 is 9.53 Å². The standard InChI is InChI=1S/C11H12N2O2.C8H6BrN/c1-12-10-5-3-9(4-6-10)7-13-8-11(14)15-2;9-5-7-1-3-8(6-10)4-2-7/h3-6,13H,7-8H2,2H3;1-4H,5H2. The third kappa shape index (κ3) is 8.12. The lowest BCUT2D eigenvalue weighted by atomic mass is 10.2. The van der Waals surface area contributed by atoms with Gasteiger partial charge in [0.25, 0.3) is 0 Å². The molecule has 0 bridgehead atoms. The van der Waals surface area contributed by atoms with Gasteiger partial charge in [-0.25, -0.2) is 4.85 Å². The Morgan fingerprint density at radius 1 is 1.20 bits per heavy atom. The summed E-state index contributed by atoms with van der Waals surface area (Å²) in [4.78, 5) is 14.1. The molecule has 0 aliphatic rings. The van der Waals surface area contributed by atoms with Crippen LogP contribution in [-0.4, -0.2) is 19.6 Å². The summed E-state index contributed by atoms with van der Waals surface area (Å²) in [6, 6.07) is 16.8. The lowest BCUT2D eigenvalue weighted by molar-refractivity contribution is -0.139. The number of ether oxygens (including phenoxy) is 1. The molecule has 2 aromatic carbocycles. The Kier molecular flexibility index (Phi) is 9.62. The number of benzene rings is 2. The van der Waals surface area contributed by atoms with Crippen molar-refractivity contribution in [1.82, 2.24) is 5.32 Å². The maximum Gasteiger partial charge on any atom is 0.319 e. The highest BCUT2D eigenvalue weighted by Gasteiger charge is 1.99. The molecule has 0 radical (unpaired) electrons. The first-order valence-corrected chi connectivity index (χ1v) is 8.54. The predicted octanol–water partition coefficient (Wildman–Crippen LogP) is 3.95. The van der Waals surface area contributed by atoms with Gasteiger partial charge in [0, 0.05) is 11.9 Å². The zero-order chi connectivity index (χ0) is 18.5. The fraction of sp³-hybridized carbons (Fsp3) is 0.211. The van der Waals surface area contributed by atoms with E-state index in [1.807, 2.05) is 36.4 Å². The van der Waals surface area contributed by atoms with Crippen LogP contribution in [0.4, 0.5) is 5.69 Å². The van der Waals surface area contributed by atoms with Gasteiger partial charge in [-0.15, -0.1) is 0 Å². The predicted molar refractivity (Wildman–Crippen MR) is 100 cm³/mol. The van der Waals surface area contributed by atoms with Crippen LogP contribution in [-0.2, 0) is 21.4 Å². The molecule has 0 atom stereocenters. The van der Waals surface area contributed by atoms with Crippen molar-refractivity contribution in [3.8, 4) is 6.07 Å². The molecule has 0 aliphatic heterocycles. The molecule has 2 rings (SSSR count). The quantitative estimate of drug-likeness (QED) is 0.469. The van der Waals surface area contributed by atoms with E-state index in [0.29, 0.717) is 17.8 Å². The number of nitrogens with one attached hydrogen (secondary N) is 1. The van der Waals surface area contributed by atoms with Crippen molar-refractivity contribution in [2.75, 3.05) is 13.7 Å². The molecule has 25 heavy (non-hydrogen) atoms. The van der Waals surface area contributed by atoms with Crippen LogP contribution >= 0.6 is 15.9 Å². The number of alkyl halides is 1. The molecule has 1 N–H and O–H groups in total. The van der Waals surface area contributed by atoms with E-state index in [4.69, 9.17) is 11.8 Å². The molecule has 128 valence electrons. The number of hydrogen-bond acceptors (Lipinski definition) is 4. The van der Waals surface area contributed by atoms with E-state index >= 15 is 0 Å². The number of hydrogen-bond donors (Lipinski definition) is 1. The van der Waals surface area contributed by atoms with Gasteiger partial charge in [-0.1, -0.05) is 52.3 Å². The van der Waals surface area contributed by atoms with E-state index in [1.54, 1.807) is 12.1 Å². The first kappa shape index (κ1) is 20.4. The maximum atomic E-state index is 10.8. The number of esters is 1. The number of rotatable bonds is 5. The highest BCUT2D eigenvalue weighted by Crippen LogP contribution is 2.12.